The molecule has 4 rings (SSSR count). The van der Waals surface area contributed by atoms with E-state index in [1.165, 1.54) is 4.31 Å². The Kier molecular flexibility index (Phi) is 5.33. The minimum Gasteiger partial charge on any atom is -0.326 e. The second-order valence-electron chi connectivity index (χ2n) is 6.56. The Labute approximate surface area is 171 Å². The number of anilines is 1. The first-order valence-electron chi connectivity index (χ1n) is 8.73. The maximum Gasteiger partial charge on any atom is 0.245 e. The molecule has 2 heterocycles. The van der Waals surface area contributed by atoms with Crippen molar-refractivity contribution >= 4 is 56.0 Å². The molecule has 3 aromatic rings. The fourth-order valence-corrected chi connectivity index (χ4v) is 5.61. The van der Waals surface area contributed by atoms with E-state index in [1.54, 1.807) is 42.5 Å². The first-order chi connectivity index (χ1) is 13.4. The number of aromatic nitrogens is 2. The molecule has 0 spiro atoms. The van der Waals surface area contributed by atoms with Crippen molar-refractivity contribution < 1.29 is 13.2 Å². The zero-order valence-corrected chi connectivity index (χ0v) is 17.1. The van der Waals surface area contributed by atoms with Crippen LogP contribution < -0.4 is 5.32 Å². The van der Waals surface area contributed by atoms with E-state index in [4.69, 9.17) is 11.6 Å². The van der Waals surface area contributed by atoms with Gasteiger partial charge in [-0.3, -0.25) is 4.79 Å². The fourth-order valence-electron chi connectivity index (χ4n) is 3.26. The minimum absolute atomic E-state index is 0.106. The number of carbonyl (C=O) groups excluding carboxylic acids is 1. The summed E-state index contributed by atoms with van der Waals surface area (Å²) in [4.78, 5) is 12.7. The quantitative estimate of drug-likeness (QED) is 0.676. The van der Waals surface area contributed by atoms with Crippen molar-refractivity contribution in [1.29, 1.82) is 0 Å². The lowest BCUT2D eigenvalue weighted by molar-refractivity contribution is -0.120. The Morgan fingerprint density at radius 3 is 2.54 bits per heavy atom. The molecule has 146 valence electrons. The average molecular weight is 437 g/mol. The van der Waals surface area contributed by atoms with Gasteiger partial charge in [-0.05, 0) is 49.2 Å². The van der Waals surface area contributed by atoms with Crippen LogP contribution in [0.2, 0.25) is 5.02 Å². The highest BCUT2D eigenvalue weighted by molar-refractivity contribution is 7.89. The molecule has 0 aliphatic carbocycles. The summed E-state index contributed by atoms with van der Waals surface area (Å²) in [6, 6.07) is 11.9. The van der Waals surface area contributed by atoms with Crippen LogP contribution in [0.3, 0.4) is 0 Å². The first-order valence-corrected chi connectivity index (χ1v) is 11.3. The molecule has 1 saturated heterocycles. The summed E-state index contributed by atoms with van der Waals surface area (Å²) in [5.74, 6) is -0.343. The van der Waals surface area contributed by atoms with Crippen molar-refractivity contribution in [3.8, 4) is 0 Å². The molecule has 7 nitrogen and oxygen atoms in total. The lowest BCUT2D eigenvalue weighted by atomic mass is 9.97. The Hall–Kier alpha value is -2.07. The van der Waals surface area contributed by atoms with E-state index in [0.717, 1.165) is 11.7 Å². The van der Waals surface area contributed by atoms with E-state index in [9.17, 15) is 13.2 Å². The Bertz CT molecular complexity index is 1110. The van der Waals surface area contributed by atoms with Gasteiger partial charge in [0, 0.05) is 29.7 Å². The lowest BCUT2D eigenvalue weighted by Crippen LogP contribution is -2.41. The summed E-state index contributed by atoms with van der Waals surface area (Å²) >= 11 is 6.84. The van der Waals surface area contributed by atoms with Gasteiger partial charge in [0.15, 0.2) is 0 Å². The molecule has 0 unspecified atom stereocenters. The maximum absolute atomic E-state index is 13.0. The van der Waals surface area contributed by atoms with Gasteiger partial charge in [0.2, 0.25) is 15.9 Å². The highest BCUT2D eigenvalue weighted by Gasteiger charge is 2.33. The van der Waals surface area contributed by atoms with Gasteiger partial charge >= 0.3 is 0 Å². The summed E-state index contributed by atoms with van der Waals surface area (Å²) in [7, 11) is -3.68. The Morgan fingerprint density at radius 1 is 1.11 bits per heavy atom. The molecule has 0 atom stereocenters. The Balaban J connectivity index is 1.44. The van der Waals surface area contributed by atoms with E-state index in [2.05, 4.69) is 14.1 Å². The fraction of sp³-hybridized carbons (Fsp3) is 0.278. The van der Waals surface area contributed by atoms with Crippen molar-refractivity contribution in [1.82, 2.24) is 13.1 Å². The van der Waals surface area contributed by atoms with Gasteiger partial charge in [-0.2, -0.15) is 13.1 Å². The van der Waals surface area contributed by atoms with Gasteiger partial charge in [0.25, 0.3) is 0 Å². The van der Waals surface area contributed by atoms with Crippen LogP contribution in [0.1, 0.15) is 12.8 Å². The van der Waals surface area contributed by atoms with Gasteiger partial charge in [-0.1, -0.05) is 17.7 Å². The standard InChI is InChI=1S/C18H17ClN4O3S2/c19-13-4-6-14(7-5-13)20-18(24)12-8-10-23(11-9-12)28(25,26)16-3-1-2-15-17(16)22-27-21-15/h1-7,12H,8-11H2,(H,20,24). The molecule has 1 amide bonds. The topological polar surface area (TPSA) is 92.3 Å². The number of piperidine rings is 1. The maximum atomic E-state index is 13.0. The van der Waals surface area contributed by atoms with Gasteiger partial charge in [0.05, 0.1) is 11.7 Å². The lowest BCUT2D eigenvalue weighted by Gasteiger charge is -2.30. The highest BCUT2D eigenvalue weighted by atomic mass is 35.5. The number of nitrogens with zero attached hydrogens (tertiary/aromatic N) is 3. The predicted octanol–water partition coefficient (Wildman–Crippen LogP) is 3.38. The number of halogens is 1. The number of hydrogen-bond acceptors (Lipinski definition) is 6. The summed E-state index contributed by atoms with van der Waals surface area (Å²) in [5, 5.41) is 3.46. The molecule has 1 aliphatic rings. The third-order valence-electron chi connectivity index (χ3n) is 4.80. The SMILES string of the molecule is O=C(Nc1ccc(Cl)cc1)C1CCN(S(=O)(=O)c2cccc3nsnc23)CC1. The number of sulfonamides is 1. The van der Waals surface area contributed by atoms with Gasteiger partial charge < -0.3 is 5.32 Å². The normalized spacial score (nSPS) is 16.3. The van der Waals surface area contributed by atoms with E-state index in [0.29, 0.717) is 34.6 Å². The van der Waals surface area contributed by atoms with Crippen molar-refractivity contribution in [2.75, 3.05) is 18.4 Å². The van der Waals surface area contributed by atoms with Gasteiger partial charge in [-0.15, -0.1) is 0 Å². The van der Waals surface area contributed by atoms with Crippen LogP contribution in [0.25, 0.3) is 11.0 Å². The highest BCUT2D eigenvalue weighted by Crippen LogP contribution is 2.28. The summed E-state index contributed by atoms with van der Waals surface area (Å²) in [6.07, 6.45) is 0.924. The van der Waals surface area contributed by atoms with Crippen molar-refractivity contribution in [2.24, 2.45) is 5.92 Å². The van der Waals surface area contributed by atoms with Crippen molar-refractivity contribution in [3.05, 3.63) is 47.5 Å². The van der Waals surface area contributed by atoms with E-state index in [-0.39, 0.29) is 29.8 Å². The molecule has 28 heavy (non-hydrogen) atoms. The van der Waals surface area contributed by atoms with Gasteiger partial charge in [-0.25, -0.2) is 8.42 Å². The van der Waals surface area contributed by atoms with E-state index < -0.39 is 10.0 Å². The molecule has 2 aromatic carbocycles. The largest absolute Gasteiger partial charge is 0.326 e. The number of rotatable bonds is 4. The molecule has 10 heteroatoms. The summed E-state index contributed by atoms with van der Waals surface area (Å²) < 4.78 is 35.8. The molecule has 0 radical (unpaired) electrons. The molecular formula is C18H17ClN4O3S2. The van der Waals surface area contributed by atoms with Crippen LogP contribution >= 0.6 is 23.3 Å². The summed E-state index contributed by atoms with van der Waals surface area (Å²) in [5.41, 5.74) is 1.64. The monoisotopic (exact) mass is 436 g/mol. The predicted molar refractivity (Wildman–Crippen MR) is 109 cm³/mol. The summed E-state index contributed by atoms with van der Waals surface area (Å²) in [6.45, 7) is 0.573. The third kappa shape index (κ3) is 3.75. The van der Waals surface area contributed by atoms with Crippen LogP contribution in [-0.4, -0.2) is 40.5 Å². The zero-order valence-electron chi connectivity index (χ0n) is 14.7. The second-order valence-corrected chi connectivity index (χ2v) is 9.43. The van der Waals surface area contributed by atoms with Crippen LogP contribution in [0.4, 0.5) is 5.69 Å². The van der Waals surface area contributed by atoms with Crippen LogP contribution in [0.5, 0.6) is 0 Å². The molecule has 1 fully saturated rings. The van der Waals surface area contributed by atoms with Crippen LogP contribution in [0.15, 0.2) is 47.4 Å². The molecule has 0 saturated carbocycles. The van der Waals surface area contributed by atoms with E-state index in [1.807, 2.05) is 0 Å². The number of carbonyl (C=O) groups is 1. The first kappa shape index (κ1) is 19.3. The molecule has 0 bridgehead atoms. The van der Waals surface area contributed by atoms with E-state index >= 15 is 0 Å². The number of hydrogen-bond donors (Lipinski definition) is 1. The molecular weight excluding hydrogens is 420 g/mol. The van der Waals surface area contributed by atoms with Crippen LogP contribution in [0, 0.1) is 5.92 Å². The van der Waals surface area contributed by atoms with Crippen molar-refractivity contribution in [2.45, 2.75) is 17.7 Å². The smallest absolute Gasteiger partial charge is 0.245 e. The minimum atomic E-state index is -3.68. The number of benzene rings is 2. The van der Waals surface area contributed by atoms with Gasteiger partial charge in [0.1, 0.15) is 15.9 Å². The molecule has 1 aromatic heterocycles. The zero-order chi connectivity index (χ0) is 19.7. The molecule has 1 aliphatic heterocycles. The number of amides is 1. The van der Waals surface area contributed by atoms with Crippen LogP contribution in [-0.2, 0) is 14.8 Å². The second kappa shape index (κ2) is 7.75. The third-order valence-corrected chi connectivity index (χ3v) is 7.53. The Morgan fingerprint density at radius 2 is 1.82 bits per heavy atom. The molecule has 1 N–H and O–H groups in total. The number of fused-ring (bicyclic) bond motifs is 1. The van der Waals surface area contributed by atoms with Crippen molar-refractivity contribution in [3.63, 3.8) is 0 Å². The number of nitrogens with one attached hydrogen (secondary N) is 1. The average Bonchev–Trinajstić information content (AvgIpc) is 3.18.